The summed E-state index contributed by atoms with van der Waals surface area (Å²) in [5.74, 6) is 0.137. The Morgan fingerprint density at radius 2 is 1.76 bits per heavy atom. The van der Waals surface area contributed by atoms with Gasteiger partial charge in [0.2, 0.25) is 5.91 Å². The van der Waals surface area contributed by atoms with E-state index < -0.39 is 6.61 Å². The molecule has 0 atom stereocenters. The van der Waals surface area contributed by atoms with Crippen molar-refractivity contribution in [3.05, 3.63) is 83.2 Å². The van der Waals surface area contributed by atoms with E-state index in [9.17, 15) is 18.4 Å². The largest absolute Gasteiger partial charge is 0.495 e. The average molecular weight is 483 g/mol. The second-order valence-electron chi connectivity index (χ2n) is 6.96. The fraction of sp³-hybridized carbons (Fsp3) is 0.125. The third-order valence-electron chi connectivity index (χ3n) is 4.78. The molecule has 0 aliphatic rings. The molecule has 1 amide bonds. The molecule has 7 nitrogen and oxygen atoms in total. The van der Waals surface area contributed by atoms with Crippen molar-refractivity contribution in [3.8, 4) is 17.2 Å². The SMILES string of the molecule is COc1ccccc1NC(=O)CSc1nc2ccccc2c(=O)n1-c1ccc(OC(F)F)cc1. The number of para-hydroxylation sites is 3. The minimum Gasteiger partial charge on any atom is -0.495 e. The van der Waals surface area contributed by atoms with Gasteiger partial charge in [-0.05, 0) is 48.5 Å². The van der Waals surface area contributed by atoms with Crippen molar-refractivity contribution in [1.82, 2.24) is 9.55 Å². The van der Waals surface area contributed by atoms with Gasteiger partial charge in [0.05, 0.1) is 35.1 Å². The molecule has 174 valence electrons. The van der Waals surface area contributed by atoms with Gasteiger partial charge in [0.15, 0.2) is 5.16 Å². The van der Waals surface area contributed by atoms with E-state index in [1.165, 1.54) is 35.9 Å². The third kappa shape index (κ3) is 5.18. The number of carbonyl (C=O) groups is 1. The van der Waals surface area contributed by atoms with Crippen molar-refractivity contribution in [2.24, 2.45) is 0 Å². The summed E-state index contributed by atoms with van der Waals surface area (Å²) in [5.41, 5.74) is 1.06. The number of carbonyl (C=O) groups excluding carboxylic acids is 1. The number of anilines is 1. The van der Waals surface area contributed by atoms with E-state index in [1.54, 1.807) is 48.5 Å². The van der Waals surface area contributed by atoms with Crippen LogP contribution in [0.4, 0.5) is 14.5 Å². The third-order valence-corrected chi connectivity index (χ3v) is 5.72. The lowest BCUT2D eigenvalue weighted by molar-refractivity contribution is -0.113. The Bertz CT molecular complexity index is 1380. The zero-order chi connectivity index (χ0) is 24.1. The fourth-order valence-corrected chi connectivity index (χ4v) is 4.09. The van der Waals surface area contributed by atoms with Gasteiger partial charge in [0.25, 0.3) is 5.56 Å². The summed E-state index contributed by atoms with van der Waals surface area (Å²) >= 11 is 1.07. The number of fused-ring (bicyclic) bond motifs is 1. The van der Waals surface area contributed by atoms with E-state index in [0.717, 1.165) is 11.8 Å². The fourth-order valence-electron chi connectivity index (χ4n) is 3.28. The van der Waals surface area contributed by atoms with Gasteiger partial charge in [-0.1, -0.05) is 36.0 Å². The molecule has 1 N–H and O–H groups in total. The normalized spacial score (nSPS) is 10.9. The van der Waals surface area contributed by atoms with Crippen molar-refractivity contribution >= 4 is 34.3 Å². The van der Waals surface area contributed by atoms with E-state index in [4.69, 9.17) is 4.74 Å². The number of benzene rings is 3. The predicted molar refractivity (Wildman–Crippen MR) is 126 cm³/mol. The molecule has 4 aromatic rings. The first-order valence-corrected chi connectivity index (χ1v) is 11.1. The minimum atomic E-state index is -2.95. The average Bonchev–Trinajstić information content (AvgIpc) is 2.83. The summed E-state index contributed by atoms with van der Waals surface area (Å²) in [6.07, 6.45) is 0. The Morgan fingerprint density at radius 3 is 2.50 bits per heavy atom. The lowest BCUT2D eigenvalue weighted by Crippen LogP contribution is -2.23. The van der Waals surface area contributed by atoms with Crippen molar-refractivity contribution in [2.45, 2.75) is 11.8 Å². The van der Waals surface area contributed by atoms with Crippen LogP contribution in [0.25, 0.3) is 16.6 Å². The van der Waals surface area contributed by atoms with Crippen LogP contribution >= 0.6 is 11.8 Å². The summed E-state index contributed by atoms with van der Waals surface area (Å²) in [6.45, 7) is -2.95. The molecular weight excluding hydrogens is 464 g/mol. The lowest BCUT2D eigenvalue weighted by atomic mass is 10.2. The Hall–Kier alpha value is -3.92. The van der Waals surface area contributed by atoms with Crippen molar-refractivity contribution in [2.75, 3.05) is 18.2 Å². The van der Waals surface area contributed by atoms with Gasteiger partial charge in [-0.2, -0.15) is 8.78 Å². The molecule has 0 saturated carbocycles. The number of methoxy groups -OCH3 is 1. The van der Waals surface area contributed by atoms with Gasteiger partial charge in [0.1, 0.15) is 11.5 Å². The highest BCUT2D eigenvalue weighted by molar-refractivity contribution is 7.99. The standard InChI is InChI=1S/C24H19F2N3O4S/c1-32-20-9-5-4-8-19(20)27-21(30)14-34-24-28-18-7-3-2-6-17(18)22(31)29(24)15-10-12-16(13-11-15)33-23(25)26/h2-13,23H,14H2,1H3,(H,27,30). The van der Waals surface area contributed by atoms with Gasteiger partial charge in [-0.15, -0.1) is 0 Å². The molecule has 0 fully saturated rings. The van der Waals surface area contributed by atoms with Crippen LogP contribution in [0.5, 0.6) is 11.5 Å². The zero-order valence-electron chi connectivity index (χ0n) is 17.9. The molecule has 0 spiro atoms. The maximum atomic E-state index is 13.3. The number of alkyl halides is 2. The number of aromatic nitrogens is 2. The highest BCUT2D eigenvalue weighted by Crippen LogP contribution is 2.26. The summed E-state index contributed by atoms with van der Waals surface area (Å²) in [7, 11) is 1.51. The van der Waals surface area contributed by atoms with Crippen LogP contribution in [0.3, 0.4) is 0 Å². The minimum absolute atomic E-state index is 0.0323. The molecule has 0 bridgehead atoms. The second kappa shape index (κ2) is 10.3. The number of nitrogens with zero attached hydrogens (tertiary/aromatic N) is 2. The molecule has 0 saturated heterocycles. The second-order valence-corrected chi connectivity index (χ2v) is 7.90. The van der Waals surface area contributed by atoms with Crippen LogP contribution in [-0.4, -0.2) is 34.9 Å². The van der Waals surface area contributed by atoms with Crippen LogP contribution in [0.1, 0.15) is 0 Å². The van der Waals surface area contributed by atoms with Crippen LogP contribution in [0, 0.1) is 0 Å². The van der Waals surface area contributed by atoms with Crippen LogP contribution in [0.2, 0.25) is 0 Å². The number of rotatable bonds is 8. The maximum Gasteiger partial charge on any atom is 0.387 e. The first-order valence-electron chi connectivity index (χ1n) is 10.1. The molecule has 4 rings (SSSR count). The predicted octanol–water partition coefficient (Wildman–Crippen LogP) is 4.73. The zero-order valence-corrected chi connectivity index (χ0v) is 18.7. The smallest absolute Gasteiger partial charge is 0.387 e. The van der Waals surface area contributed by atoms with Gasteiger partial charge in [-0.25, -0.2) is 4.98 Å². The van der Waals surface area contributed by atoms with Gasteiger partial charge in [0, 0.05) is 0 Å². The number of halogens is 2. The molecule has 1 aromatic heterocycles. The molecule has 0 unspecified atom stereocenters. The van der Waals surface area contributed by atoms with E-state index in [2.05, 4.69) is 15.0 Å². The summed E-state index contributed by atoms with van der Waals surface area (Å²) in [5, 5.41) is 3.45. The number of nitrogens with one attached hydrogen (secondary N) is 1. The highest BCUT2D eigenvalue weighted by Gasteiger charge is 2.16. The Morgan fingerprint density at radius 1 is 1.06 bits per heavy atom. The monoisotopic (exact) mass is 483 g/mol. The first-order chi connectivity index (χ1) is 16.5. The number of hydrogen-bond acceptors (Lipinski definition) is 6. The Labute approximate surface area is 197 Å². The summed E-state index contributed by atoms with van der Waals surface area (Å²) in [4.78, 5) is 30.4. The summed E-state index contributed by atoms with van der Waals surface area (Å²) in [6, 6.07) is 19.5. The van der Waals surface area contributed by atoms with Gasteiger partial charge in [-0.3, -0.25) is 14.2 Å². The molecule has 10 heteroatoms. The highest BCUT2D eigenvalue weighted by atomic mass is 32.2. The number of amides is 1. The Balaban J connectivity index is 1.65. The van der Waals surface area contributed by atoms with Crippen molar-refractivity contribution in [1.29, 1.82) is 0 Å². The summed E-state index contributed by atoms with van der Waals surface area (Å²) < 4.78 is 36.0. The van der Waals surface area contributed by atoms with Gasteiger partial charge >= 0.3 is 6.61 Å². The van der Waals surface area contributed by atoms with E-state index in [1.807, 2.05) is 0 Å². The van der Waals surface area contributed by atoms with Crippen LogP contribution < -0.4 is 20.3 Å². The van der Waals surface area contributed by atoms with E-state index in [-0.39, 0.29) is 28.1 Å². The van der Waals surface area contributed by atoms with Crippen LogP contribution in [0.15, 0.2) is 82.7 Å². The molecule has 3 aromatic carbocycles. The molecular formula is C24H19F2N3O4S. The van der Waals surface area contributed by atoms with Crippen molar-refractivity contribution < 1.29 is 23.0 Å². The number of ether oxygens (including phenoxy) is 2. The molecule has 0 aliphatic heterocycles. The maximum absolute atomic E-state index is 13.3. The van der Waals surface area contributed by atoms with E-state index in [0.29, 0.717) is 28.0 Å². The molecule has 0 aliphatic carbocycles. The van der Waals surface area contributed by atoms with E-state index >= 15 is 0 Å². The number of thioether (sulfide) groups is 1. The van der Waals surface area contributed by atoms with Crippen molar-refractivity contribution in [3.63, 3.8) is 0 Å². The molecule has 34 heavy (non-hydrogen) atoms. The first kappa shape index (κ1) is 23.2. The molecule has 1 heterocycles. The van der Waals surface area contributed by atoms with Gasteiger partial charge < -0.3 is 14.8 Å². The van der Waals surface area contributed by atoms with Crippen LogP contribution in [-0.2, 0) is 4.79 Å². The topological polar surface area (TPSA) is 82.5 Å². The lowest BCUT2D eigenvalue weighted by Gasteiger charge is -2.14. The quantitative estimate of drug-likeness (QED) is 0.288. The molecule has 0 radical (unpaired) electrons. The Kier molecular flexibility index (Phi) is 7.07. The number of hydrogen-bond donors (Lipinski definition) is 1.